The number of aromatic nitrogens is 4. The molecule has 0 spiro atoms. The lowest BCUT2D eigenvalue weighted by Gasteiger charge is -1.84. The van der Waals surface area contributed by atoms with Crippen molar-refractivity contribution in [3.8, 4) is 11.5 Å². The fraction of sp³-hybridized carbons (Fsp3) is 0. The smallest absolute Gasteiger partial charge is 0.353 e. The van der Waals surface area contributed by atoms with Crippen molar-refractivity contribution in [2.45, 2.75) is 0 Å². The maximum Gasteiger partial charge on any atom is 0.353 e. The molecular weight excluding hydrogens is 172 g/mol. The van der Waals surface area contributed by atoms with E-state index in [-0.39, 0.29) is 5.69 Å². The Kier molecular flexibility index (Phi) is 1.59. The molecule has 0 fully saturated rings. The van der Waals surface area contributed by atoms with Crippen LogP contribution in [0.25, 0.3) is 11.5 Å². The number of nitrogens with zero attached hydrogens (tertiary/aromatic N) is 2. The van der Waals surface area contributed by atoms with E-state index in [9.17, 15) is 4.79 Å². The van der Waals surface area contributed by atoms with Crippen molar-refractivity contribution < 1.29 is 9.90 Å². The second-order valence-electron chi connectivity index (χ2n) is 2.41. The molecule has 2 aromatic heterocycles. The molecule has 0 aliphatic carbocycles. The Bertz CT molecular complexity index is 417. The van der Waals surface area contributed by atoms with Gasteiger partial charge in [0.1, 0.15) is 11.4 Å². The van der Waals surface area contributed by atoms with Crippen LogP contribution in [0.5, 0.6) is 0 Å². The molecule has 0 bridgehead atoms. The molecule has 6 nitrogen and oxygen atoms in total. The average molecular weight is 178 g/mol. The van der Waals surface area contributed by atoms with E-state index < -0.39 is 5.97 Å². The second kappa shape index (κ2) is 2.74. The minimum absolute atomic E-state index is 0.0476. The molecule has 0 radical (unpaired) electrons. The number of hydrogen-bond donors (Lipinski definition) is 3. The first-order chi connectivity index (χ1) is 6.27. The number of carboxylic acid groups (broad SMARTS) is 1. The molecule has 2 rings (SSSR count). The molecule has 0 aliphatic heterocycles. The summed E-state index contributed by atoms with van der Waals surface area (Å²) in [5.41, 5.74) is 0.536. The Morgan fingerprint density at radius 3 is 2.92 bits per heavy atom. The van der Waals surface area contributed by atoms with Crippen LogP contribution in [0.3, 0.4) is 0 Å². The molecule has 13 heavy (non-hydrogen) atoms. The summed E-state index contributed by atoms with van der Waals surface area (Å²) in [6.45, 7) is 0. The maximum atomic E-state index is 10.5. The zero-order valence-corrected chi connectivity index (χ0v) is 6.48. The molecule has 0 aliphatic rings. The molecule has 2 heterocycles. The Labute approximate surface area is 72.6 Å². The number of rotatable bonds is 2. The van der Waals surface area contributed by atoms with E-state index in [4.69, 9.17) is 5.11 Å². The highest BCUT2D eigenvalue weighted by Crippen LogP contribution is 2.11. The molecular formula is C7H6N4O2. The average Bonchev–Trinajstić information content (AvgIpc) is 2.75. The third-order valence-corrected chi connectivity index (χ3v) is 1.55. The molecule has 6 heteroatoms. The number of carbonyl (C=O) groups is 1. The highest BCUT2D eigenvalue weighted by molar-refractivity contribution is 5.86. The van der Waals surface area contributed by atoms with Gasteiger partial charge in [0.2, 0.25) is 0 Å². The van der Waals surface area contributed by atoms with Gasteiger partial charge in [0.05, 0.1) is 0 Å². The first kappa shape index (κ1) is 7.53. The summed E-state index contributed by atoms with van der Waals surface area (Å²) in [6, 6.07) is 1.42. The fourth-order valence-corrected chi connectivity index (χ4v) is 0.958. The van der Waals surface area contributed by atoms with Crippen LogP contribution in [0.15, 0.2) is 18.5 Å². The van der Waals surface area contributed by atoms with E-state index in [1.165, 1.54) is 6.07 Å². The van der Waals surface area contributed by atoms with Gasteiger partial charge in [0, 0.05) is 18.5 Å². The maximum absolute atomic E-state index is 10.5. The van der Waals surface area contributed by atoms with Gasteiger partial charge in [-0.25, -0.2) is 9.78 Å². The molecule has 66 valence electrons. The first-order valence-electron chi connectivity index (χ1n) is 3.56. The number of nitrogens with one attached hydrogen (secondary N) is 2. The third kappa shape index (κ3) is 1.28. The summed E-state index contributed by atoms with van der Waals surface area (Å²) in [4.78, 5) is 17.2. The van der Waals surface area contributed by atoms with Crippen molar-refractivity contribution in [2.75, 3.05) is 0 Å². The van der Waals surface area contributed by atoms with Crippen LogP contribution in [0.2, 0.25) is 0 Å². The molecule has 0 amide bonds. The monoisotopic (exact) mass is 178 g/mol. The van der Waals surface area contributed by atoms with Gasteiger partial charge in [-0.2, -0.15) is 5.10 Å². The fourth-order valence-electron chi connectivity index (χ4n) is 0.958. The summed E-state index contributed by atoms with van der Waals surface area (Å²) in [7, 11) is 0. The largest absolute Gasteiger partial charge is 0.477 e. The number of imidazole rings is 1. The summed E-state index contributed by atoms with van der Waals surface area (Å²) < 4.78 is 0. The lowest BCUT2D eigenvalue weighted by Crippen LogP contribution is -1.95. The molecule has 0 unspecified atom stereocenters. The third-order valence-electron chi connectivity index (χ3n) is 1.55. The van der Waals surface area contributed by atoms with Crippen molar-refractivity contribution in [1.82, 2.24) is 20.2 Å². The van der Waals surface area contributed by atoms with E-state index in [1.807, 2.05) is 0 Å². The van der Waals surface area contributed by atoms with Crippen molar-refractivity contribution in [2.24, 2.45) is 0 Å². The van der Waals surface area contributed by atoms with Crippen LogP contribution in [0, 0.1) is 0 Å². The van der Waals surface area contributed by atoms with Gasteiger partial charge in [-0.1, -0.05) is 0 Å². The van der Waals surface area contributed by atoms with Gasteiger partial charge < -0.3 is 10.1 Å². The minimum atomic E-state index is -1.04. The van der Waals surface area contributed by atoms with Crippen LogP contribution in [0.4, 0.5) is 0 Å². The zero-order valence-electron chi connectivity index (χ0n) is 6.48. The summed E-state index contributed by atoms with van der Waals surface area (Å²) >= 11 is 0. The standard InChI is InChI=1S/C7H6N4O2/c12-7(13)5-3-4(10-11-5)6-8-1-2-9-6/h1-3H,(H,8,9)(H,10,11)(H,12,13). The van der Waals surface area contributed by atoms with Crippen molar-refractivity contribution >= 4 is 5.97 Å². The van der Waals surface area contributed by atoms with E-state index in [2.05, 4.69) is 20.2 Å². The topological polar surface area (TPSA) is 94.7 Å². The predicted molar refractivity (Wildman–Crippen MR) is 43.1 cm³/mol. The highest BCUT2D eigenvalue weighted by Gasteiger charge is 2.09. The quantitative estimate of drug-likeness (QED) is 0.623. The van der Waals surface area contributed by atoms with Crippen LogP contribution >= 0.6 is 0 Å². The van der Waals surface area contributed by atoms with Gasteiger partial charge in [-0.15, -0.1) is 0 Å². The number of hydrogen-bond acceptors (Lipinski definition) is 3. The van der Waals surface area contributed by atoms with Gasteiger partial charge in [0.15, 0.2) is 5.82 Å². The Balaban J connectivity index is 2.39. The van der Waals surface area contributed by atoms with E-state index in [0.717, 1.165) is 0 Å². The van der Waals surface area contributed by atoms with Crippen molar-refractivity contribution in [3.63, 3.8) is 0 Å². The summed E-state index contributed by atoms with van der Waals surface area (Å²) in [5.74, 6) is -0.492. The second-order valence-corrected chi connectivity index (χ2v) is 2.41. The Morgan fingerprint density at radius 1 is 1.54 bits per heavy atom. The van der Waals surface area contributed by atoms with Crippen LogP contribution in [0.1, 0.15) is 10.5 Å². The highest BCUT2D eigenvalue weighted by atomic mass is 16.4. The molecule has 0 saturated heterocycles. The van der Waals surface area contributed by atoms with Gasteiger partial charge in [0.25, 0.3) is 0 Å². The van der Waals surface area contributed by atoms with Gasteiger partial charge >= 0.3 is 5.97 Å². The lowest BCUT2D eigenvalue weighted by molar-refractivity contribution is 0.0690. The first-order valence-corrected chi connectivity index (χ1v) is 3.56. The molecule has 0 aromatic carbocycles. The molecule has 0 atom stereocenters. The number of H-pyrrole nitrogens is 2. The predicted octanol–water partition coefficient (Wildman–Crippen LogP) is 0.498. The van der Waals surface area contributed by atoms with E-state index >= 15 is 0 Å². The van der Waals surface area contributed by atoms with Crippen LogP contribution in [-0.4, -0.2) is 31.2 Å². The minimum Gasteiger partial charge on any atom is -0.477 e. The summed E-state index contributed by atoms with van der Waals surface area (Å²) in [5, 5.41) is 14.8. The van der Waals surface area contributed by atoms with E-state index in [0.29, 0.717) is 11.5 Å². The van der Waals surface area contributed by atoms with Crippen molar-refractivity contribution in [1.29, 1.82) is 0 Å². The number of aromatic carboxylic acids is 1. The number of aromatic amines is 2. The molecule has 3 N–H and O–H groups in total. The van der Waals surface area contributed by atoms with Crippen LogP contribution < -0.4 is 0 Å². The zero-order chi connectivity index (χ0) is 9.26. The summed E-state index contributed by atoms with van der Waals surface area (Å²) in [6.07, 6.45) is 3.22. The van der Waals surface area contributed by atoms with Gasteiger partial charge in [-0.05, 0) is 0 Å². The van der Waals surface area contributed by atoms with Crippen molar-refractivity contribution in [3.05, 3.63) is 24.2 Å². The Morgan fingerprint density at radius 2 is 2.38 bits per heavy atom. The molecule has 0 saturated carbocycles. The molecule has 2 aromatic rings. The van der Waals surface area contributed by atoms with E-state index in [1.54, 1.807) is 12.4 Å². The van der Waals surface area contributed by atoms with Crippen LogP contribution in [-0.2, 0) is 0 Å². The number of carboxylic acids is 1. The normalized spacial score (nSPS) is 10.2. The lowest BCUT2D eigenvalue weighted by atomic mass is 10.3. The SMILES string of the molecule is O=C(O)c1cc(-c2ncc[nH]2)n[nH]1. The Hall–Kier alpha value is -2.11. The van der Waals surface area contributed by atoms with Gasteiger partial charge in [-0.3, -0.25) is 5.10 Å².